The molecule has 25 heavy (non-hydrogen) atoms. The largest absolute Gasteiger partial charge is 0.324 e. The van der Waals surface area contributed by atoms with E-state index in [9.17, 15) is 4.79 Å². The van der Waals surface area contributed by atoms with Gasteiger partial charge in [-0.2, -0.15) is 0 Å². The number of amides is 2. The van der Waals surface area contributed by atoms with Crippen molar-refractivity contribution in [1.82, 2.24) is 19.9 Å². The molecule has 1 aromatic carbocycles. The SMILES string of the molecule is Cc1nccc(NC(=O)N2CCC(c3nc4ccccc4s3)CC2)n1. The van der Waals surface area contributed by atoms with E-state index < -0.39 is 0 Å². The lowest BCUT2D eigenvalue weighted by Gasteiger charge is -2.31. The molecule has 128 valence electrons. The number of likely N-dealkylation sites (tertiary alicyclic amines) is 1. The van der Waals surface area contributed by atoms with E-state index in [1.165, 1.54) is 9.71 Å². The van der Waals surface area contributed by atoms with Gasteiger partial charge in [0.15, 0.2) is 0 Å². The highest BCUT2D eigenvalue weighted by Crippen LogP contribution is 2.33. The molecule has 6 nitrogen and oxygen atoms in total. The first-order valence-electron chi connectivity index (χ1n) is 8.40. The summed E-state index contributed by atoms with van der Waals surface area (Å²) in [5.74, 6) is 1.63. The number of carbonyl (C=O) groups excluding carboxylic acids is 1. The Morgan fingerprint density at radius 1 is 1.20 bits per heavy atom. The summed E-state index contributed by atoms with van der Waals surface area (Å²) >= 11 is 1.77. The van der Waals surface area contributed by atoms with Crippen LogP contribution in [-0.4, -0.2) is 39.0 Å². The molecule has 2 amide bonds. The molecule has 0 atom stereocenters. The van der Waals surface area contributed by atoms with Gasteiger partial charge >= 0.3 is 6.03 Å². The Morgan fingerprint density at radius 3 is 2.76 bits per heavy atom. The monoisotopic (exact) mass is 353 g/mol. The molecule has 1 N–H and O–H groups in total. The van der Waals surface area contributed by atoms with Gasteiger partial charge in [0.2, 0.25) is 0 Å². The summed E-state index contributed by atoms with van der Waals surface area (Å²) in [7, 11) is 0. The number of urea groups is 1. The Bertz CT molecular complexity index is 868. The topological polar surface area (TPSA) is 71.0 Å². The third-order valence-electron chi connectivity index (χ3n) is 4.45. The highest BCUT2D eigenvalue weighted by molar-refractivity contribution is 7.18. The number of nitrogens with zero attached hydrogens (tertiary/aromatic N) is 4. The molecular formula is C18H19N5OS. The van der Waals surface area contributed by atoms with Gasteiger partial charge in [-0.05, 0) is 38.0 Å². The Kier molecular flexibility index (Phi) is 4.31. The number of rotatable bonds is 2. The summed E-state index contributed by atoms with van der Waals surface area (Å²) in [6, 6.07) is 9.85. The van der Waals surface area contributed by atoms with Gasteiger partial charge < -0.3 is 4.90 Å². The van der Waals surface area contributed by atoms with Gasteiger partial charge in [0.25, 0.3) is 0 Å². The Morgan fingerprint density at radius 2 is 2.00 bits per heavy atom. The molecule has 0 unspecified atom stereocenters. The Labute approximate surface area is 149 Å². The predicted octanol–water partition coefficient (Wildman–Crippen LogP) is 3.81. The molecule has 4 rings (SSSR count). The van der Waals surface area contributed by atoms with Crippen LogP contribution in [0.4, 0.5) is 10.6 Å². The van der Waals surface area contributed by atoms with Crippen molar-refractivity contribution in [2.75, 3.05) is 18.4 Å². The molecule has 0 bridgehead atoms. The molecule has 3 heterocycles. The predicted molar refractivity (Wildman–Crippen MR) is 99.0 cm³/mol. The number of piperidine rings is 1. The molecule has 3 aromatic rings. The molecule has 1 aliphatic heterocycles. The van der Waals surface area contributed by atoms with Gasteiger partial charge in [-0.1, -0.05) is 12.1 Å². The maximum absolute atomic E-state index is 12.4. The number of anilines is 1. The number of hydrogen-bond acceptors (Lipinski definition) is 5. The fourth-order valence-corrected chi connectivity index (χ4v) is 4.25. The molecule has 1 fully saturated rings. The summed E-state index contributed by atoms with van der Waals surface area (Å²) in [6.45, 7) is 3.27. The average molecular weight is 353 g/mol. The van der Waals surface area contributed by atoms with Crippen molar-refractivity contribution in [3.8, 4) is 0 Å². The molecule has 0 radical (unpaired) electrons. The minimum atomic E-state index is -0.0964. The van der Waals surface area contributed by atoms with Gasteiger partial charge in [-0.15, -0.1) is 11.3 Å². The van der Waals surface area contributed by atoms with Crippen LogP contribution in [0.15, 0.2) is 36.5 Å². The van der Waals surface area contributed by atoms with Gasteiger partial charge in [0.1, 0.15) is 11.6 Å². The summed E-state index contributed by atoms with van der Waals surface area (Å²) in [6.07, 6.45) is 3.53. The summed E-state index contributed by atoms with van der Waals surface area (Å²) in [4.78, 5) is 27.3. The van der Waals surface area contributed by atoms with Gasteiger partial charge in [0, 0.05) is 25.2 Å². The second-order valence-corrected chi connectivity index (χ2v) is 7.26. The number of para-hydroxylation sites is 1. The van der Waals surface area contributed by atoms with Crippen LogP contribution in [-0.2, 0) is 0 Å². The van der Waals surface area contributed by atoms with Crippen LogP contribution < -0.4 is 5.32 Å². The standard InChI is InChI=1S/C18H19N5OS/c1-12-19-9-6-16(20-12)22-18(24)23-10-7-13(8-11-23)17-21-14-4-2-3-5-15(14)25-17/h2-6,9,13H,7-8,10-11H2,1H3,(H,19,20,22,24). The molecule has 0 spiro atoms. The highest BCUT2D eigenvalue weighted by atomic mass is 32.1. The Hall–Kier alpha value is -2.54. The van der Waals surface area contributed by atoms with Crippen LogP contribution in [0.2, 0.25) is 0 Å². The molecule has 1 saturated heterocycles. The van der Waals surface area contributed by atoms with Gasteiger partial charge in [-0.3, -0.25) is 5.32 Å². The first-order chi connectivity index (χ1) is 12.2. The van der Waals surface area contributed by atoms with E-state index in [2.05, 4.69) is 27.4 Å². The molecule has 0 aliphatic carbocycles. The lowest BCUT2D eigenvalue weighted by atomic mass is 9.98. The number of nitrogens with one attached hydrogen (secondary N) is 1. The van der Waals surface area contributed by atoms with E-state index in [0.717, 1.165) is 31.4 Å². The van der Waals surface area contributed by atoms with Crippen molar-refractivity contribution in [3.63, 3.8) is 0 Å². The third-order valence-corrected chi connectivity index (χ3v) is 5.65. The van der Waals surface area contributed by atoms with E-state index in [4.69, 9.17) is 4.98 Å². The van der Waals surface area contributed by atoms with E-state index >= 15 is 0 Å². The van der Waals surface area contributed by atoms with E-state index in [-0.39, 0.29) is 6.03 Å². The quantitative estimate of drug-likeness (QED) is 0.760. The first kappa shape index (κ1) is 16.0. The fourth-order valence-electron chi connectivity index (χ4n) is 3.11. The van der Waals surface area contributed by atoms with E-state index in [1.54, 1.807) is 30.5 Å². The van der Waals surface area contributed by atoms with Crippen LogP contribution in [0.1, 0.15) is 29.6 Å². The van der Waals surface area contributed by atoms with Gasteiger partial charge in [-0.25, -0.2) is 19.7 Å². The van der Waals surface area contributed by atoms with Gasteiger partial charge in [0.05, 0.1) is 15.2 Å². The highest BCUT2D eigenvalue weighted by Gasteiger charge is 2.26. The second-order valence-electron chi connectivity index (χ2n) is 6.20. The summed E-state index contributed by atoms with van der Waals surface area (Å²) < 4.78 is 1.23. The first-order valence-corrected chi connectivity index (χ1v) is 9.22. The lowest BCUT2D eigenvalue weighted by Crippen LogP contribution is -2.40. The minimum absolute atomic E-state index is 0.0964. The van der Waals surface area contributed by atoms with Crippen LogP contribution in [0.5, 0.6) is 0 Å². The molecule has 0 saturated carbocycles. The molecule has 1 aliphatic rings. The maximum Gasteiger partial charge on any atom is 0.323 e. The smallest absolute Gasteiger partial charge is 0.323 e. The molecule has 2 aromatic heterocycles. The number of thiazole rings is 1. The number of benzene rings is 1. The fraction of sp³-hybridized carbons (Fsp3) is 0.333. The zero-order chi connectivity index (χ0) is 17.2. The van der Waals surface area contributed by atoms with Crippen molar-refractivity contribution in [2.45, 2.75) is 25.7 Å². The third kappa shape index (κ3) is 3.46. The molecular weight excluding hydrogens is 334 g/mol. The lowest BCUT2D eigenvalue weighted by molar-refractivity contribution is 0.194. The second kappa shape index (κ2) is 6.76. The molecule has 7 heteroatoms. The zero-order valence-electron chi connectivity index (χ0n) is 14.0. The summed E-state index contributed by atoms with van der Waals surface area (Å²) in [5.41, 5.74) is 1.07. The van der Waals surface area contributed by atoms with Crippen molar-refractivity contribution in [3.05, 3.63) is 47.4 Å². The van der Waals surface area contributed by atoms with Crippen molar-refractivity contribution in [1.29, 1.82) is 0 Å². The number of hydrogen-bond donors (Lipinski definition) is 1. The zero-order valence-corrected chi connectivity index (χ0v) is 14.8. The summed E-state index contributed by atoms with van der Waals surface area (Å²) in [5, 5.41) is 4.04. The van der Waals surface area contributed by atoms with Crippen molar-refractivity contribution < 1.29 is 4.79 Å². The van der Waals surface area contributed by atoms with E-state index in [1.807, 2.05) is 17.0 Å². The number of aryl methyl sites for hydroxylation is 1. The number of carbonyl (C=O) groups is 1. The average Bonchev–Trinajstić information content (AvgIpc) is 3.06. The van der Waals surface area contributed by atoms with Crippen LogP contribution in [0.3, 0.4) is 0 Å². The number of fused-ring (bicyclic) bond motifs is 1. The van der Waals surface area contributed by atoms with Crippen LogP contribution in [0, 0.1) is 6.92 Å². The van der Waals surface area contributed by atoms with Crippen LogP contribution >= 0.6 is 11.3 Å². The minimum Gasteiger partial charge on any atom is -0.324 e. The van der Waals surface area contributed by atoms with Crippen molar-refractivity contribution >= 4 is 33.4 Å². The normalized spacial score (nSPS) is 15.5. The Balaban J connectivity index is 1.38. The van der Waals surface area contributed by atoms with E-state index in [0.29, 0.717) is 17.6 Å². The maximum atomic E-state index is 12.4. The van der Waals surface area contributed by atoms with Crippen LogP contribution in [0.25, 0.3) is 10.2 Å². The number of aromatic nitrogens is 3. The van der Waals surface area contributed by atoms with Crippen molar-refractivity contribution in [2.24, 2.45) is 0 Å².